The molecule has 2 aliphatic carbocycles. The van der Waals surface area contributed by atoms with Gasteiger partial charge in [0, 0.05) is 47.3 Å². The molecule has 4 aromatic rings. The number of carboxylic acid groups (broad SMARTS) is 1. The molecule has 0 atom stereocenters. The Morgan fingerprint density at radius 2 is 1.88 bits per heavy atom. The number of nitrogens with zero attached hydrogens (tertiary/aromatic N) is 3. The van der Waals surface area contributed by atoms with Gasteiger partial charge in [-0.15, -0.1) is 0 Å². The number of carbonyl (C=O) groups is 1. The van der Waals surface area contributed by atoms with Crippen molar-refractivity contribution in [3.05, 3.63) is 76.7 Å². The summed E-state index contributed by atoms with van der Waals surface area (Å²) in [7, 11) is 0. The van der Waals surface area contributed by atoms with Crippen LogP contribution in [0.3, 0.4) is 0 Å². The van der Waals surface area contributed by atoms with Gasteiger partial charge in [0.2, 0.25) is 0 Å². The van der Waals surface area contributed by atoms with Gasteiger partial charge in [-0.05, 0) is 94.5 Å². The predicted octanol–water partition coefficient (Wildman–Crippen LogP) is 8.03. The molecule has 3 aliphatic rings. The van der Waals surface area contributed by atoms with Crippen molar-refractivity contribution in [3.63, 3.8) is 0 Å². The van der Waals surface area contributed by atoms with Crippen molar-refractivity contribution >= 4 is 28.6 Å². The number of rotatable bonds is 7. The van der Waals surface area contributed by atoms with E-state index in [-0.39, 0.29) is 11.8 Å². The first kappa shape index (κ1) is 26.7. The molecular weight excluding hydrogens is 526 g/mol. The van der Waals surface area contributed by atoms with Crippen molar-refractivity contribution in [1.29, 1.82) is 0 Å². The number of pyridine rings is 1. The van der Waals surface area contributed by atoms with E-state index in [9.17, 15) is 9.90 Å². The number of carboxylic acids is 1. The number of aromatic carboxylic acids is 1. The Morgan fingerprint density at radius 3 is 2.57 bits per heavy atom. The van der Waals surface area contributed by atoms with E-state index in [2.05, 4.69) is 64.4 Å². The molecule has 1 spiro atoms. The van der Waals surface area contributed by atoms with Gasteiger partial charge in [0.05, 0.1) is 11.6 Å². The quantitative estimate of drug-likeness (QED) is 0.243. The summed E-state index contributed by atoms with van der Waals surface area (Å²) in [5.41, 5.74) is 8.21. The van der Waals surface area contributed by atoms with Crippen LogP contribution < -0.4 is 9.64 Å². The molecule has 2 aromatic carbocycles. The van der Waals surface area contributed by atoms with E-state index in [0.717, 1.165) is 66.9 Å². The van der Waals surface area contributed by atoms with Gasteiger partial charge >= 0.3 is 5.97 Å². The highest BCUT2D eigenvalue weighted by Crippen LogP contribution is 2.54. The molecule has 1 N–H and O–H groups in total. The van der Waals surface area contributed by atoms with Gasteiger partial charge in [-0.1, -0.05) is 35.0 Å². The summed E-state index contributed by atoms with van der Waals surface area (Å²) < 4.78 is 11.9. The van der Waals surface area contributed by atoms with Crippen LogP contribution in [-0.2, 0) is 0 Å². The van der Waals surface area contributed by atoms with E-state index < -0.39 is 5.97 Å². The largest absolute Gasteiger partial charge is 0.490 e. The fourth-order valence-electron chi connectivity index (χ4n) is 6.77. The molecule has 0 radical (unpaired) electrons. The van der Waals surface area contributed by atoms with Crippen LogP contribution in [0.25, 0.3) is 28.2 Å². The summed E-state index contributed by atoms with van der Waals surface area (Å²) in [6, 6.07) is 16.1. The molecule has 3 fully saturated rings. The lowest BCUT2D eigenvalue weighted by atomic mass is 9.60. The molecule has 1 aliphatic heterocycles. The highest BCUT2D eigenvalue weighted by Gasteiger charge is 2.43. The van der Waals surface area contributed by atoms with Crippen molar-refractivity contribution in [3.8, 4) is 17.0 Å². The van der Waals surface area contributed by atoms with Crippen molar-refractivity contribution in [1.82, 2.24) is 10.1 Å². The van der Waals surface area contributed by atoms with Crippen molar-refractivity contribution < 1.29 is 19.2 Å². The zero-order valence-corrected chi connectivity index (χ0v) is 24.5. The van der Waals surface area contributed by atoms with Crippen LogP contribution in [0.5, 0.6) is 5.75 Å². The van der Waals surface area contributed by atoms with Crippen LogP contribution in [0.4, 0.5) is 5.69 Å². The summed E-state index contributed by atoms with van der Waals surface area (Å²) in [6.07, 6.45) is 9.27. The number of piperidine rings is 1. The SMILES string of the molecule is Cc1ccccc1-c1noc(C2CC2)c1C=C1CC2(CCN(c3ccc4nc(C(=O)O)cc(OC(C)C)c4c3)CC2)C1. The monoisotopic (exact) mass is 563 g/mol. The average molecular weight is 564 g/mol. The van der Waals surface area contributed by atoms with Crippen molar-refractivity contribution in [2.75, 3.05) is 18.0 Å². The number of hydrogen-bond acceptors (Lipinski definition) is 6. The van der Waals surface area contributed by atoms with Crippen LogP contribution in [-0.4, -0.2) is 40.4 Å². The van der Waals surface area contributed by atoms with Crippen LogP contribution >= 0.6 is 0 Å². The van der Waals surface area contributed by atoms with Gasteiger partial charge in [-0.3, -0.25) is 0 Å². The van der Waals surface area contributed by atoms with Gasteiger partial charge in [0.1, 0.15) is 17.2 Å². The second-order valence-electron chi connectivity index (χ2n) is 12.7. The average Bonchev–Trinajstić information content (AvgIpc) is 3.72. The molecule has 1 saturated heterocycles. The number of fused-ring (bicyclic) bond motifs is 1. The van der Waals surface area contributed by atoms with E-state index >= 15 is 0 Å². The molecule has 3 heterocycles. The molecule has 7 heteroatoms. The third kappa shape index (κ3) is 4.95. The van der Waals surface area contributed by atoms with Crippen LogP contribution in [0.1, 0.15) is 85.7 Å². The third-order valence-electron chi connectivity index (χ3n) is 9.18. The summed E-state index contributed by atoms with van der Waals surface area (Å²) in [6.45, 7) is 8.02. The molecule has 0 unspecified atom stereocenters. The number of hydrogen-bond donors (Lipinski definition) is 1. The van der Waals surface area contributed by atoms with E-state index in [1.807, 2.05) is 19.9 Å². The maximum atomic E-state index is 11.6. The fraction of sp³-hybridized carbons (Fsp3) is 0.400. The minimum absolute atomic E-state index is 0.00105. The number of allylic oxidation sites excluding steroid dienone is 1. The molecule has 0 bridgehead atoms. The Morgan fingerprint density at radius 1 is 1.12 bits per heavy atom. The maximum Gasteiger partial charge on any atom is 0.354 e. The highest BCUT2D eigenvalue weighted by atomic mass is 16.5. The first-order valence-electron chi connectivity index (χ1n) is 15.1. The maximum absolute atomic E-state index is 11.6. The standard InChI is InChI=1S/C35H37N3O4/c1-21(2)41-31-18-30(34(39)40)36-29-11-10-25(17-27(29)31)38-14-12-35(13-15-38)19-23(20-35)16-28-32(26-7-5-4-6-22(26)3)37-42-33(28)24-8-9-24/h4-7,10-11,16-18,21,24H,8-9,12-15,19-20H2,1-3H3,(H,39,40). The van der Waals surface area contributed by atoms with Gasteiger partial charge in [-0.25, -0.2) is 9.78 Å². The van der Waals surface area contributed by atoms with E-state index in [0.29, 0.717) is 22.6 Å². The summed E-state index contributed by atoms with van der Waals surface area (Å²) in [5, 5.41) is 14.9. The fourth-order valence-corrected chi connectivity index (χ4v) is 6.77. The van der Waals surface area contributed by atoms with Gasteiger partial charge in [-0.2, -0.15) is 0 Å². The zero-order chi connectivity index (χ0) is 29.0. The summed E-state index contributed by atoms with van der Waals surface area (Å²) in [4.78, 5) is 18.4. The molecule has 216 valence electrons. The van der Waals surface area contributed by atoms with E-state index in [1.165, 1.54) is 35.6 Å². The molecule has 0 amide bonds. The Labute approximate surface area is 246 Å². The molecule has 7 nitrogen and oxygen atoms in total. The Kier molecular flexibility index (Phi) is 6.56. The molecule has 2 aromatic heterocycles. The minimum Gasteiger partial charge on any atom is -0.490 e. The molecule has 7 rings (SSSR count). The van der Waals surface area contributed by atoms with Crippen LogP contribution in [0.15, 0.2) is 58.6 Å². The lowest BCUT2D eigenvalue weighted by Crippen LogP contribution is -2.44. The zero-order valence-electron chi connectivity index (χ0n) is 24.5. The normalized spacial score (nSPS) is 18.0. The Balaban J connectivity index is 1.08. The Hall–Kier alpha value is -4.13. The Bertz CT molecular complexity index is 1700. The number of benzene rings is 2. The van der Waals surface area contributed by atoms with Crippen LogP contribution in [0, 0.1) is 12.3 Å². The predicted molar refractivity (Wildman–Crippen MR) is 164 cm³/mol. The number of ether oxygens (including phenoxy) is 1. The lowest BCUT2D eigenvalue weighted by Gasteiger charge is -2.50. The number of aromatic nitrogens is 2. The van der Waals surface area contributed by atoms with Crippen LogP contribution in [0.2, 0.25) is 0 Å². The number of anilines is 1. The van der Waals surface area contributed by atoms with Gasteiger partial charge < -0.3 is 19.3 Å². The second-order valence-corrected chi connectivity index (χ2v) is 12.7. The van der Waals surface area contributed by atoms with Gasteiger partial charge in [0.25, 0.3) is 0 Å². The highest BCUT2D eigenvalue weighted by molar-refractivity contribution is 5.94. The molecule has 42 heavy (non-hydrogen) atoms. The second kappa shape index (κ2) is 10.3. The molecule has 2 saturated carbocycles. The van der Waals surface area contributed by atoms with E-state index in [4.69, 9.17) is 9.26 Å². The lowest BCUT2D eigenvalue weighted by molar-refractivity contribution is 0.0690. The first-order valence-corrected chi connectivity index (χ1v) is 15.1. The van der Waals surface area contributed by atoms with Crippen molar-refractivity contribution in [2.45, 2.75) is 71.3 Å². The van der Waals surface area contributed by atoms with Crippen molar-refractivity contribution in [2.24, 2.45) is 5.41 Å². The third-order valence-corrected chi connectivity index (χ3v) is 9.18. The first-order chi connectivity index (χ1) is 20.3. The van der Waals surface area contributed by atoms with Gasteiger partial charge in [0.15, 0.2) is 5.69 Å². The summed E-state index contributed by atoms with van der Waals surface area (Å²) in [5.74, 6) is 1.10. The smallest absolute Gasteiger partial charge is 0.354 e. The topological polar surface area (TPSA) is 88.7 Å². The molecular formula is C35H37N3O4. The number of aryl methyl sites for hydroxylation is 1. The van der Waals surface area contributed by atoms with E-state index in [1.54, 1.807) is 0 Å². The minimum atomic E-state index is -1.05. The summed E-state index contributed by atoms with van der Waals surface area (Å²) >= 11 is 0.